The molecule has 0 saturated heterocycles. The van der Waals surface area contributed by atoms with E-state index in [1.807, 2.05) is 0 Å². The molecule has 0 amide bonds. The smallest absolute Gasteiger partial charge is 0.237 e. The van der Waals surface area contributed by atoms with E-state index in [0.29, 0.717) is 10.8 Å². The minimum atomic E-state index is -0.192. The van der Waals surface area contributed by atoms with Gasteiger partial charge < -0.3 is 10.5 Å². The maximum Gasteiger partial charge on any atom is 0.237 e. The van der Waals surface area contributed by atoms with Gasteiger partial charge in [0.05, 0.1) is 6.21 Å². The predicted molar refractivity (Wildman–Crippen MR) is 62.0 cm³/mol. The summed E-state index contributed by atoms with van der Waals surface area (Å²) in [6.45, 7) is 0.240. The van der Waals surface area contributed by atoms with Crippen molar-refractivity contribution in [2.75, 3.05) is 6.61 Å². The lowest BCUT2D eigenvalue weighted by molar-refractivity contribution is 0.232. The first kappa shape index (κ1) is 12.3. The van der Waals surface area contributed by atoms with Crippen molar-refractivity contribution in [2.45, 2.75) is 0 Å². The highest BCUT2D eigenvalue weighted by Gasteiger charge is 1.91. The molecule has 16 heavy (non-hydrogen) atoms. The highest BCUT2D eigenvalue weighted by Crippen LogP contribution is 2.14. The molecule has 7 heteroatoms. The Morgan fingerprint density at radius 2 is 2.19 bits per heavy atom. The third-order valence-corrected chi connectivity index (χ3v) is 1.75. The number of rotatable bonds is 4. The van der Waals surface area contributed by atoms with Gasteiger partial charge in [-0.3, -0.25) is 5.21 Å². The largest absolute Gasteiger partial charge is 0.488 e. The number of nitrogens with two attached hydrogens (primary N) is 1. The van der Waals surface area contributed by atoms with Crippen molar-refractivity contribution in [3.05, 3.63) is 29.3 Å². The average Bonchev–Trinajstić information content (AvgIpc) is 2.31. The molecule has 1 rings (SSSR count). The van der Waals surface area contributed by atoms with Crippen LogP contribution in [0.1, 0.15) is 0 Å². The van der Waals surface area contributed by atoms with Crippen LogP contribution < -0.4 is 16.0 Å². The van der Waals surface area contributed by atoms with Gasteiger partial charge in [0, 0.05) is 5.02 Å². The summed E-state index contributed by atoms with van der Waals surface area (Å²) >= 11 is 5.70. The Labute approximate surface area is 97.3 Å². The summed E-state index contributed by atoms with van der Waals surface area (Å²) in [6.07, 6.45) is 1.40. The summed E-state index contributed by atoms with van der Waals surface area (Å²) in [7, 11) is 0. The van der Waals surface area contributed by atoms with Crippen LogP contribution in [0.2, 0.25) is 5.02 Å². The Kier molecular flexibility index (Phi) is 5.10. The van der Waals surface area contributed by atoms with Crippen LogP contribution in [0.5, 0.6) is 5.75 Å². The standard InChI is InChI=1S/C9H11ClN4O2/c10-7-1-3-8(4-2-7)16-6-5-12-13-9(11)14-15/h1-5,15H,6H2,(H3,11,13,14)/b12-5+. The lowest BCUT2D eigenvalue weighted by atomic mass is 10.3. The van der Waals surface area contributed by atoms with Crippen molar-refractivity contribution in [1.82, 2.24) is 5.48 Å². The van der Waals surface area contributed by atoms with Crippen molar-refractivity contribution in [3.63, 3.8) is 0 Å². The van der Waals surface area contributed by atoms with Gasteiger partial charge >= 0.3 is 0 Å². The van der Waals surface area contributed by atoms with Crippen LogP contribution in [0.3, 0.4) is 0 Å². The zero-order valence-electron chi connectivity index (χ0n) is 8.30. The molecule has 6 nitrogen and oxygen atoms in total. The van der Waals surface area contributed by atoms with E-state index in [1.54, 1.807) is 29.7 Å². The molecule has 0 aliphatic carbocycles. The van der Waals surface area contributed by atoms with Gasteiger partial charge in [-0.2, -0.15) is 5.10 Å². The first-order valence-electron chi connectivity index (χ1n) is 4.36. The topological polar surface area (TPSA) is 92.2 Å². The highest BCUT2D eigenvalue weighted by molar-refractivity contribution is 6.30. The fraction of sp³-hybridized carbons (Fsp3) is 0.111. The second-order valence-electron chi connectivity index (χ2n) is 2.66. The van der Waals surface area contributed by atoms with Crippen LogP contribution in [0.25, 0.3) is 0 Å². The number of hydroxylamine groups is 1. The lowest BCUT2D eigenvalue weighted by Crippen LogP contribution is -2.27. The summed E-state index contributed by atoms with van der Waals surface area (Å²) in [4.78, 5) is 0. The molecule has 0 aliphatic heterocycles. The zero-order valence-corrected chi connectivity index (χ0v) is 9.05. The van der Waals surface area contributed by atoms with Crippen LogP contribution >= 0.6 is 11.6 Å². The van der Waals surface area contributed by atoms with Gasteiger partial charge in [-0.25, -0.2) is 5.48 Å². The van der Waals surface area contributed by atoms with Gasteiger partial charge in [-0.1, -0.05) is 11.6 Å². The summed E-state index contributed by atoms with van der Waals surface area (Å²) < 4.78 is 5.28. The molecule has 0 spiro atoms. The molecule has 0 unspecified atom stereocenters. The Morgan fingerprint density at radius 1 is 1.50 bits per heavy atom. The maximum atomic E-state index is 8.27. The molecule has 0 aliphatic rings. The van der Waals surface area contributed by atoms with Crippen LogP contribution in [0, 0.1) is 0 Å². The summed E-state index contributed by atoms with van der Waals surface area (Å²) in [6, 6.07) is 6.92. The van der Waals surface area contributed by atoms with Crippen molar-refractivity contribution in [1.29, 1.82) is 0 Å². The molecule has 0 aromatic heterocycles. The number of hydrogen-bond acceptors (Lipinski definition) is 4. The number of guanidine groups is 1. The molecular formula is C9H11ClN4O2. The Hall–Kier alpha value is -1.79. The summed E-state index contributed by atoms with van der Waals surface area (Å²) in [5, 5.41) is 15.8. The molecule has 0 bridgehead atoms. The van der Waals surface area contributed by atoms with E-state index in [9.17, 15) is 0 Å². The highest BCUT2D eigenvalue weighted by atomic mass is 35.5. The van der Waals surface area contributed by atoms with E-state index in [2.05, 4.69) is 10.2 Å². The first-order chi connectivity index (χ1) is 7.72. The zero-order chi connectivity index (χ0) is 11.8. The van der Waals surface area contributed by atoms with Crippen LogP contribution in [-0.4, -0.2) is 24.0 Å². The van der Waals surface area contributed by atoms with Gasteiger partial charge in [0.2, 0.25) is 5.96 Å². The van der Waals surface area contributed by atoms with E-state index in [1.165, 1.54) is 6.21 Å². The Bertz CT molecular complexity index is 378. The molecule has 0 radical (unpaired) electrons. The van der Waals surface area contributed by atoms with Gasteiger partial charge in [0.15, 0.2) is 0 Å². The van der Waals surface area contributed by atoms with Gasteiger partial charge in [0.25, 0.3) is 0 Å². The number of benzene rings is 1. The normalized spacial score (nSPS) is 11.8. The first-order valence-corrected chi connectivity index (χ1v) is 4.73. The third kappa shape index (κ3) is 4.63. The van der Waals surface area contributed by atoms with E-state index in [-0.39, 0.29) is 12.6 Å². The second kappa shape index (κ2) is 6.65. The van der Waals surface area contributed by atoms with E-state index >= 15 is 0 Å². The molecular weight excluding hydrogens is 232 g/mol. The molecule has 0 saturated carbocycles. The number of halogens is 1. The minimum absolute atomic E-state index is 0.192. The maximum absolute atomic E-state index is 8.27. The summed E-state index contributed by atoms with van der Waals surface area (Å²) in [5.41, 5.74) is 6.74. The Balaban J connectivity index is 2.33. The van der Waals surface area contributed by atoms with Gasteiger partial charge in [-0.05, 0) is 24.3 Å². The van der Waals surface area contributed by atoms with Crippen molar-refractivity contribution < 1.29 is 9.94 Å². The van der Waals surface area contributed by atoms with Gasteiger partial charge in [0.1, 0.15) is 12.4 Å². The third-order valence-electron chi connectivity index (χ3n) is 1.50. The predicted octanol–water partition coefficient (Wildman–Crippen LogP) is 0.998. The van der Waals surface area contributed by atoms with Crippen LogP contribution in [-0.2, 0) is 0 Å². The van der Waals surface area contributed by atoms with Crippen LogP contribution in [0.15, 0.2) is 34.5 Å². The second-order valence-corrected chi connectivity index (χ2v) is 3.10. The Morgan fingerprint density at radius 3 is 2.81 bits per heavy atom. The SMILES string of the molecule is N/C(=N/N=C/COc1ccc(Cl)cc1)NO. The number of nitrogens with zero attached hydrogens (tertiary/aromatic N) is 2. The molecule has 1 aromatic carbocycles. The summed E-state index contributed by atoms with van der Waals surface area (Å²) in [5.74, 6) is 0.482. The number of nitrogens with one attached hydrogen (secondary N) is 1. The molecule has 86 valence electrons. The fourth-order valence-corrected chi connectivity index (χ4v) is 0.949. The molecule has 0 atom stereocenters. The van der Waals surface area contributed by atoms with Crippen molar-refractivity contribution in [3.8, 4) is 5.75 Å². The van der Waals surface area contributed by atoms with Gasteiger partial charge in [-0.15, -0.1) is 5.10 Å². The van der Waals surface area contributed by atoms with Crippen molar-refractivity contribution >= 4 is 23.8 Å². The molecule has 0 fully saturated rings. The molecule has 0 heterocycles. The molecule has 4 N–H and O–H groups in total. The lowest BCUT2D eigenvalue weighted by Gasteiger charge is -2.01. The van der Waals surface area contributed by atoms with E-state index in [0.717, 1.165) is 0 Å². The van der Waals surface area contributed by atoms with Crippen LogP contribution in [0.4, 0.5) is 0 Å². The monoisotopic (exact) mass is 242 g/mol. The van der Waals surface area contributed by atoms with E-state index in [4.69, 9.17) is 27.3 Å². The number of hydrogen-bond donors (Lipinski definition) is 3. The van der Waals surface area contributed by atoms with Crippen molar-refractivity contribution in [2.24, 2.45) is 15.9 Å². The number of ether oxygens (including phenoxy) is 1. The molecule has 1 aromatic rings. The minimum Gasteiger partial charge on any atom is -0.488 e. The quantitative estimate of drug-likeness (QED) is 0.417. The average molecular weight is 243 g/mol. The van der Waals surface area contributed by atoms with E-state index < -0.39 is 0 Å². The fourth-order valence-electron chi connectivity index (χ4n) is 0.823.